The highest BCUT2D eigenvalue weighted by atomic mass is 16.2. The molecule has 20 heavy (non-hydrogen) atoms. The van der Waals surface area contributed by atoms with E-state index in [1.54, 1.807) is 0 Å². The van der Waals surface area contributed by atoms with Crippen molar-refractivity contribution in [1.82, 2.24) is 19.6 Å². The van der Waals surface area contributed by atoms with Gasteiger partial charge in [-0.05, 0) is 13.1 Å². The van der Waals surface area contributed by atoms with E-state index in [0.717, 1.165) is 72.0 Å². The smallest absolute Gasteiger partial charge is 0.223 e. The second kappa shape index (κ2) is 7.96. The van der Waals surface area contributed by atoms with Gasteiger partial charge in [-0.2, -0.15) is 0 Å². The Morgan fingerprint density at radius 1 is 0.750 bits per heavy atom. The van der Waals surface area contributed by atoms with Crippen LogP contribution in [0.1, 0.15) is 20.3 Å². The Labute approximate surface area is 123 Å². The highest BCUT2D eigenvalue weighted by Crippen LogP contribution is 2.06. The predicted molar refractivity (Wildman–Crippen MR) is 81.9 cm³/mol. The zero-order valence-electron chi connectivity index (χ0n) is 13.2. The number of piperazine rings is 2. The van der Waals surface area contributed by atoms with Gasteiger partial charge in [0.05, 0.1) is 0 Å². The molecule has 0 aromatic heterocycles. The number of rotatable bonds is 5. The van der Waals surface area contributed by atoms with Crippen molar-refractivity contribution in [2.24, 2.45) is 0 Å². The lowest BCUT2D eigenvalue weighted by Gasteiger charge is -2.36. The van der Waals surface area contributed by atoms with Gasteiger partial charge in [0.1, 0.15) is 0 Å². The fraction of sp³-hybridized carbons (Fsp3) is 0.933. The summed E-state index contributed by atoms with van der Waals surface area (Å²) in [5.41, 5.74) is 0. The van der Waals surface area contributed by atoms with E-state index in [9.17, 15) is 4.79 Å². The summed E-state index contributed by atoms with van der Waals surface area (Å²) >= 11 is 0. The average molecular weight is 282 g/mol. The first kappa shape index (κ1) is 15.7. The van der Waals surface area contributed by atoms with Gasteiger partial charge in [0.2, 0.25) is 5.91 Å². The molecule has 0 bridgehead atoms. The molecule has 5 heteroatoms. The molecular weight excluding hydrogens is 252 g/mol. The third-order valence-electron chi connectivity index (χ3n) is 4.73. The summed E-state index contributed by atoms with van der Waals surface area (Å²) in [6.07, 6.45) is 0.693. The molecule has 2 saturated heterocycles. The van der Waals surface area contributed by atoms with E-state index in [2.05, 4.69) is 33.4 Å². The molecule has 2 aliphatic rings. The maximum atomic E-state index is 12.2. The molecule has 0 saturated carbocycles. The number of amides is 1. The van der Waals surface area contributed by atoms with Crippen molar-refractivity contribution in [2.75, 3.05) is 72.0 Å². The van der Waals surface area contributed by atoms with E-state index in [-0.39, 0.29) is 0 Å². The van der Waals surface area contributed by atoms with E-state index in [1.807, 2.05) is 0 Å². The van der Waals surface area contributed by atoms with E-state index in [4.69, 9.17) is 0 Å². The third-order valence-corrected chi connectivity index (χ3v) is 4.73. The average Bonchev–Trinajstić information content (AvgIpc) is 2.53. The Balaban J connectivity index is 1.63. The highest BCUT2D eigenvalue weighted by Gasteiger charge is 2.21. The number of hydrogen-bond acceptors (Lipinski definition) is 4. The van der Waals surface area contributed by atoms with Crippen molar-refractivity contribution in [1.29, 1.82) is 0 Å². The molecule has 2 rings (SSSR count). The fourth-order valence-corrected chi connectivity index (χ4v) is 3.05. The Hall–Kier alpha value is -0.650. The lowest BCUT2D eigenvalue weighted by Crippen LogP contribution is -2.50. The topological polar surface area (TPSA) is 30.0 Å². The molecule has 0 aromatic rings. The number of likely N-dealkylation sites (N-methyl/N-ethyl adjacent to an activating group) is 2. The van der Waals surface area contributed by atoms with Crippen LogP contribution in [-0.4, -0.2) is 97.5 Å². The van der Waals surface area contributed by atoms with Gasteiger partial charge in [0, 0.05) is 65.3 Å². The summed E-state index contributed by atoms with van der Waals surface area (Å²) in [6, 6.07) is 0. The van der Waals surface area contributed by atoms with Crippen LogP contribution in [0.5, 0.6) is 0 Å². The monoisotopic (exact) mass is 282 g/mol. The molecule has 2 fully saturated rings. The first-order valence-electron chi connectivity index (χ1n) is 8.17. The van der Waals surface area contributed by atoms with Crippen molar-refractivity contribution in [3.63, 3.8) is 0 Å². The van der Waals surface area contributed by atoms with Crippen LogP contribution in [-0.2, 0) is 4.79 Å². The minimum atomic E-state index is 0.346. The van der Waals surface area contributed by atoms with E-state index >= 15 is 0 Å². The minimum Gasteiger partial charge on any atom is -0.340 e. The van der Waals surface area contributed by atoms with E-state index in [1.165, 1.54) is 0 Å². The van der Waals surface area contributed by atoms with E-state index < -0.39 is 0 Å². The molecular formula is C15H30N4O. The van der Waals surface area contributed by atoms with Gasteiger partial charge < -0.3 is 19.6 Å². The second-order valence-electron chi connectivity index (χ2n) is 5.84. The molecule has 0 aliphatic carbocycles. The predicted octanol–water partition coefficient (Wildman–Crippen LogP) is 0.178. The Morgan fingerprint density at radius 3 is 1.70 bits per heavy atom. The Morgan fingerprint density at radius 2 is 1.20 bits per heavy atom. The van der Waals surface area contributed by atoms with Crippen LogP contribution in [0.3, 0.4) is 0 Å². The molecule has 0 aromatic carbocycles. The number of hydrogen-bond donors (Lipinski definition) is 0. The lowest BCUT2D eigenvalue weighted by molar-refractivity contribution is -0.133. The normalized spacial score (nSPS) is 23.2. The summed E-state index contributed by atoms with van der Waals surface area (Å²) in [6.45, 7) is 16.0. The van der Waals surface area contributed by atoms with Crippen LogP contribution < -0.4 is 0 Å². The molecule has 5 nitrogen and oxygen atoms in total. The van der Waals surface area contributed by atoms with Gasteiger partial charge in [0.15, 0.2) is 0 Å². The van der Waals surface area contributed by atoms with Crippen LogP contribution in [0.2, 0.25) is 0 Å². The van der Waals surface area contributed by atoms with Gasteiger partial charge in [-0.15, -0.1) is 0 Å². The van der Waals surface area contributed by atoms with Crippen molar-refractivity contribution in [3.05, 3.63) is 0 Å². The van der Waals surface area contributed by atoms with Crippen molar-refractivity contribution < 1.29 is 4.79 Å². The number of nitrogens with zero attached hydrogens (tertiary/aromatic N) is 4. The quantitative estimate of drug-likeness (QED) is 0.719. The first-order valence-corrected chi connectivity index (χ1v) is 8.17. The minimum absolute atomic E-state index is 0.346. The zero-order chi connectivity index (χ0) is 14.4. The van der Waals surface area contributed by atoms with Crippen LogP contribution in [0.25, 0.3) is 0 Å². The SMILES string of the molecule is CCN1CCN(CCC(=O)N2CCN(CC)CC2)CC1. The van der Waals surface area contributed by atoms with Crippen molar-refractivity contribution >= 4 is 5.91 Å². The summed E-state index contributed by atoms with van der Waals surface area (Å²) in [4.78, 5) is 21.6. The van der Waals surface area contributed by atoms with Gasteiger partial charge >= 0.3 is 0 Å². The van der Waals surface area contributed by atoms with Crippen LogP contribution >= 0.6 is 0 Å². The van der Waals surface area contributed by atoms with Crippen LogP contribution in [0.15, 0.2) is 0 Å². The van der Waals surface area contributed by atoms with E-state index in [0.29, 0.717) is 12.3 Å². The largest absolute Gasteiger partial charge is 0.340 e. The maximum Gasteiger partial charge on any atom is 0.223 e. The van der Waals surface area contributed by atoms with Crippen LogP contribution in [0, 0.1) is 0 Å². The molecule has 0 atom stereocenters. The number of carbonyl (C=O) groups excluding carboxylic acids is 1. The van der Waals surface area contributed by atoms with Gasteiger partial charge in [0.25, 0.3) is 0 Å². The van der Waals surface area contributed by atoms with Crippen molar-refractivity contribution in [3.8, 4) is 0 Å². The van der Waals surface area contributed by atoms with Crippen molar-refractivity contribution in [2.45, 2.75) is 20.3 Å². The zero-order valence-corrected chi connectivity index (χ0v) is 13.2. The van der Waals surface area contributed by atoms with Gasteiger partial charge in [-0.25, -0.2) is 0 Å². The standard InChI is InChI=1S/C15H30N4O/c1-3-16-7-9-18(10-8-16)6-5-15(20)19-13-11-17(4-2)12-14-19/h3-14H2,1-2H3. The Kier molecular flexibility index (Phi) is 6.26. The van der Waals surface area contributed by atoms with Crippen LogP contribution in [0.4, 0.5) is 0 Å². The van der Waals surface area contributed by atoms with Gasteiger partial charge in [-0.3, -0.25) is 4.79 Å². The fourth-order valence-electron chi connectivity index (χ4n) is 3.05. The maximum absolute atomic E-state index is 12.2. The molecule has 0 radical (unpaired) electrons. The molecule has 1 amide bonds. The third kappa shape index (κ3) is 4.43. The summed E-state index contributed by atoms with van der Waals surface area (Å²) < 4.78 is 0. The lowest BCUT2D eigenvalue weighted by atomic mass is 10.2. The molecule has 2 aliphatic heterocycles. The first-order chi connectivity index (χ1) is 9.72. The second-order valence-corrected chi connectivity index (χ2v) is 5.84. The molecule has 0 N–H and O–H groups in total. The summed E-state index contributed by atoms with van der Waals surface area (Å²) in [5.74, 6) is 0.346. The molecule has 0 spiro atoms. The highest BCUT2D eigenvalue weighted by molar-refractivity contribution is 5.76. The Bertz CT molecular complexity index is 294. The van der Waals surface area contributed by atoms with Gasteiger partial charge in [-0.1, -0.05) is 13.8 Å². The summed E-state index contributed by atoms with van der Waals surface area (Å²) in [7, 11) is 0. The molecule has 116 valence electrons. The molecule has 0 unspecified atom stereocenters. The molecule has 2 heterocycles. The summed E-state index contributed by atoms with van der Waals surface area (Å²) in [5, 5.41) is 0. The number of carbonyl (C=O) groups is 1.